The molecule has 0 aromatic rings. The van der Waals surface area contributed by atoms with E-state index in [1.807, 2.05) is 0 Å². The van der Waals surface area contributed by atoms with Crippen LogP contribution < -0.4 is 5.32 Å². The second-order valence-corrected chi connectivity index (χ2v) is 7.97. The minimum atomic E-state index is 0.607. The van der Waals surface area contributed by atoms with Gasteiger partial charge < -0.3 is 10.2 Å². The molecular formula is C18H34N2. The van der Waals surface area contributed by atoms with Gasteiger partial charge in [0, 0.05) is 13.1 Å². The van der Waals surface area contributed by atoms with Crippen molar-refractivity contribution >= 4 is 0 Å². The molecule has 1 spiro atoms. The molecule has 2 heteroatoms. The van der Waals surface area contributed by atoms with E-state index in [-0.39, 0.29) is 0 Å². The zero-order valence-electron chi connectivity index (χ0n) is 13.6. The third kappa shape index (κ3) is 3.22. The highest BCUT2D eigenvalue weighted by Crippen LogP contribution is 2.47. The first-order chi connectivity index (χ1) is 9.76. The molecule has 0 unspecified atom stereocenters. The number of hydrogen-bond donors (Lipinski definition) is 1. The Morgan fingerprint density at radius 2 is 1.45 bits per heavy atom. The van der Waals surface area contributed by atoms with Crippen LogP contribution in [0.25, 0.3) is 0 Å². The fraction of sp³-hybridized carbons (Fsp3) is 1.00. The molecule has 116 valence electrons. The first kappa shape index (κ1) is 14.8. The summed E-state index contributed by atoms with van der Waals surface area (Å²) in [5.74, 6) is 0. The van der Waals surface area contributed by atoms with Crippen LogP contribution in [0.5, 0.6) is 0 Å². The smallest absolute Gasteiger partial charge is 0.00501 e. The molecule has 0 amide bonds. The van der Waals surface area contributed by atoms with Gasteiger partial charge in [-0.15, -0.1) is 0 Å². The summed E-state index contributed by atoms with van der Waals surface area (Å²) < 4.78 is 0. The summed E-state index contributed by atoms with van der Waals surface area (Å²) >= 11 is 0. The number of piperidine rings is 1. The van der Waals surface area contributed by atoms with Crippen molar-refractivity contribution < 1.29 is 0 Å². The lowest BCUT2D eigenvalue weighted by Crippen LogP contribution is -2.47. The summed E-state index contributed by atoms with van der Waals surface area (Å²) in [5.41, 5.74) is 1.39. The van der Waals surface area contributed by atoms with Crippen LogP contribution in [0.4, 0.5) is 0 Å². The molecule has 0 aromatic heterocycles. The maximum Gasteiger partial charge on any atom is 0.00501 e. The van der Waals surface area contributed by atoms with Crippen LogP contribution in [-0.2, 0) is 0 Å². The van der Waals surface area contributed by atoms with Crippen LogP contribution in [0.2, 0.25) is 0 Å². The van der Waals surface area contributed by atoms with E-state index in [4.69, 9.17) is 0 Å². The fourth-order valence-corrected chi connectivity index (χ4v) is 5.19. The topological polar surface area (TPSA) is 15.3 Å². The van der Waals surface area contributed by atoms with Gasteiger partial charge in [-0.1, -0.05) is 32.6 Å². The van der Waals surface area contributed by atoms with Crippen LogP contribution in [0.1, 0.15) is 71.1 Å². The normalized spacial score (nSPS) is 29.2. The molecule has 3 aliphatic rings. The summed E-state index contributed by atoms with van der Waals surface area (Å²) in [7, 11) is 0. The Morgan fingerprint density at radius 1 is 0.850 bits per heavy atom. The number of nitrogens with zero attached hydrogens (tertiary/aromatic N) is 1. The van der Waals surface area contributed by atoms with E-state index in [0.29, 0.717) is 5.41 Å². The first-order valence-electron chi connectivity index (χ1n) is 9.19. The van der Waals surface area contributed by atoms with Crippen molar-refractivity contribution in [2.45, 2.75) is 71.1 Å². The van der Waals surface area contributed by atoms with Gasteiger partial charge in [-0.05, 0) is 69.0 Å². The summed E-state index contributed by atoms with van der Waals surface area (Å²) in [6, 6.07) is 0. The maximum atomic E-state index is 3.64. The Bertz CT molecular complexity index is 291. The minimum absolute atomic E-state index is 0.607. The van der Waals surface area contributed by atoms with Crippen molar-refractivity contribution in [3.8, 4) is 0 Å². The van der Waals surface area contributed by atoms with Gasteiger partial charge in [0.2, 0.25) is 0 Å². The molecule has 0 radical (unpaired) electrons. The standard InChI is InChI=1S/C18H34N2/c1-2-19-15-18(9-5-6-10-18)16-20-13-11-17(12-14-20)7-3-4-8-17/h19H,2-16H2,1H3. The fourth-order valence-electron chi connectivity index (χ4n) is 5.19. The molecule has 1 heterocycles. The van der Waals surface area contributed by atoms with Crippen LogP contribution in [0.3, 0.4) is 0 Å². The Balaban J connectivity index is 1.52. The van der Waals surface area contributed by atoms with Crippen LogP contribution in [0.15, 0.2) is 0 Å². The zero-order chi connectivity index (χ0) is 13.9. The summed E-state index contributed by atoms with van der Waals surface area (Å²) in [4.78, 5) is 2.81. The number of rotatable bonds is 5. The van der Waals surface area contributed by atoms with E-state index < -0.39 is 0 Å². The van der Waals surface area contributed by atoms with E-state index in [1.165, 1.54) is 90.4 Å². The van der Waals surface area contributed by atoms with Crippen molar-refractivity contribution in [2.75, 3.05) is 32.7 Å². The zero-order valence-corrected chi connectivity index (χ0v) is 13.6. The molecule has 1 aliphatic heterocycles. The second kappa shape index (κ2) is 6.36. The Labute approximate surface area is 125 Å². The highest BCUT2D eigenvalue weighted by Gasteiger charge is 2.40. The molecule has 3 fully saturated rings. The Morgan fingerprint density at radius 3 is 2.05 bits per heavy atom. The van der Waals surface area contributed by atoms with E-state index >= 15 is 0 Å². The molecule has 2 nitrogen and oxygen atoms in total. The van der Waals surface area contributed by atoms with Gasteiger partial charge in [-0.2, -0.15) is 0 Å². The van der Waals surface area contributed by atoms with Crippen molar-refractivity contribution in [1.29, 1.82) is 0 Å². The summed E-state index contributed by atoms with van der Waals surface area (Å²) in [6.07, 6.45) is 14.9. The van der Waals surface area contributed by atoms with E-state index in [1.54, 1.807) is 0 Å². The van der Waals surface area contributed by atoms with Crippen molar-refractivity contribution in [1.82, 2.24) is 10.2 Å². The van der Waals surface area contributed by atoms with Gasteiger partial charge in [0.15, 0.2) is 0 Å². The van der Waals surface area contributed by atoms with E-state index in [9.17, 15) is 0 Å². The molecule has 0 atom stereocenters. The lowest BCUT2D eigenvalue weighted by atomic mass is 9.76. The number of likely N-dealkylation sites (tertiary alicyclic amines) is 1. The van der Waals surface area contributed by atoms with Gasteiger partial charge >= 0.3 is 0 Å². The van der Waals surface area contributed by atoms with Crippen LogP contribution in [0, 0.1) is 10.8 Å². The third-order valence-electron chi connectivity index (χ3n) is 6.55. The second-order valence-electron chi connectivity index (χ2n) is 7.97. The van der Waals surface area contributed by atoms with Crippen LogP contribution >= 0.6 is 0 Å². The number of hydrogen-bond acceptors (Lipinski definition) is 2. The monoisotopic (exact) mass is 278 g/mol. The van der Waals surface area contributed by atoms with E-state index in [2.05, 4.69) is 17.1 Å². The highest BCUT2D eigenvalue weighted by atomic mass is 15.1. The molecule has 2 saturated carbocycles. The molecule has 0 aromatic carbocycles. The van der Waals surface area contributed by atoms with Crippen LogP contribution in [-0.4, -0.2) is 37.6 Å². The molecule has 1 N–H and O–H groups in total. The van der Waals surface area contributed by atoms with Gasteiger partial charge in [-0.25, -0.2) is 0 Å². The summed E-state index contributed by atoms with van der Waals surface area (Å²) in [6.45, 7) is 8.77. The average Bonchev–Trinajstić information content (AvgIpc) is 3.10. The van der Waals surface area contributed by atoms with Gasteiger partial charge in [0.25, 0.3) is 0 Å². The molecular weight excluding hydrogens is 244 g/mol. The SMILES string of the molecule is CCNCC1(CN2CCC3(CCCC3)CC2)CCCC1. The summed E-state index contributed by atoms with van der Waals surface area (Å²) in [5, 5.41) is 3.64. The van der Waals surface area contributed by atoms with Crippen molar-refractivity contribution in [2.24, 2.45) is 10.8 Å². The van der Waals surface area contributed by atoms with Crippen molar-refractivity contribution in [3.63, 3.8) is 0 Å². The van der Waals surface area contributed by atoms with Crippen molar-refractivity contribution in [3.05, 3.63) is 0 Å². The van der Waals surface area contributed by atoms with E-state index in [0.717, 1.165) is 12.0 Å². The maximum absolute atomic E-state index is 3.64. The highest BCUT2D eigenvalue weighted by molar-refractivity contribution is 4.94. The molecule has 20 heavy (non-hydrogen) atoms. The molecule has 0 bridgehead atoms. The lowest BCUT2D eigenvalue weighted by Gasteiger charge is -2.43. The first-order valence-corrected chi connectivity index (χ1v) is 9.19. The molecule has 3 rings (SSSR count). The quantitative estimate of drug-likeness (QED) is 0.822. The largest absolute Gasteiger partial charge is 0.316 e. The lowest BCUT2D eigenvalue weighted by molar-refractivity contribution is 0.0689. The van der Waals surface area contributed by atoms with Gasteiger partial charge in [0.1, 0.15) is 0 Å². The third-order valence-corrected chi connectivity index (χ3v) is 6.55. The molecule has 1 saturated heterocycles. The van der Waals surface area contributed by atoms with Gasteiger partial charge in [0.05, 0.1) is 0 Å². The Kier molecular flexibility index (Phi) is 4.72. The molecule has 2 aliphatic carbocycles. The average molecular weight is 278 g/mol. The minimum Gasteiger partial charge on any atom is -0.316 e. The Hall–Kier alpha value is -0.0800. The van der Waals surface area contributed by atoms with Gasteiger partial charge in [-0.3, -0.25) is 0 Å². The predicted molar refractivity (Wildman–Crippen MR) is 86.0 cm³/mol. The predicted octanol–water partition coefficient (Wildman–Crippen LogP) is 3.81. The number of nitrogens with one attached hydrogen (secondary N) is 1.